The summed E-state index contributed by atoms with van der Waals surface area (Å²) in [4.78, 5) is 6.99. The number of phenols is 1. The van der Waals surface area contributed by atoms with E-state index in [0.29, 0.717) is 18.7 Å². The predicted octanol–water partition coefficient (Wildman–Crippen LogP) is 1.54. The van der Waals surface area contributed by atoms with E-state index in [1.807, 2.05) is 0 Å². The Morgan fingerprint density at radius 1 is 1.31 bits per heavy atom. The van der Waals surface area contributed by atoms with E-state index >= 15 is 0 Å². The van der Waals surface area contributed by atoms with E-state index in [9.17, 15) is 9.50 Å². The molecule has 0 fully saturated rings. The van der Waals surface area contributed by atoms with Gasteiger partial charge in [0, 0.05) is 25.0 Å². The smallest absolute Gasteiger partial charge is 0.127 e. The van der Waals surface area contributed by atoms with E-state index < -0.39 is 5.82 Å². The molecule has 0 aliphatic rings. The van der Waals surface area contributed by atoms with E-state index in [2.05, 4.69) is 15.3 Å². The zero-order chi connectivity index (χ0) is 11.4. The Bertz CT molecular complexity index is 436. The van der Waals surface area contributed by atoms with Gasteiger partial charge in [0.2, 0.25) is 0 Å². The number of aromatic hydroxyl groups is 1. The molecule has 0 atom stereocenters. The minimum absolute atomic E-state index is 0.0604. The van der Waals surface area contributed by atoms with Gasteiger partial charge in [-0.25, -0.2) is 9.37 Å². The van der Waals surface area contributed by atoms with Crippen molar-refractivity contribution in [1.29, 1.82) is 0 Å². The molecule has 0 unspecified atom stereocenters. The number of aromatic amines is 1. The summed E-state index contributed by atoms with van der Waals surface area (Å²) in [7, 11) is 0. The Morgan fingerprint density at radius 2 is 2.19 bits per heavy atom. The Labute approximate surface area is 92.2 Å². The molecule has 1 aromatic carbocycles. The van der Waals surface area contributed by atoms with Crippen molar-refractivity contribution in [2.24, 2.45) is 0 Å². The number of imidazole rings is 1. The highest BCUT2D eigenvalue weighted by Gasteiger charge is 2.00. The van der Waals surface area contributed by atoms with Crippen LogP contribution in [0.25, 0.3) is 0 Å². The van der Waals surface area contributed by atoms with E-state index in [1.54, 1.807) is 12.4 Å². The van der Waals surface area contributed by atoms with Crippen LogP contribution in [0.3, 0.4) is 0 Å². The van der Waals surface area contributed by atoms with Gasteiger partial charge in [-0.15, -0.1) is 0 Å². The first-order valence-electron chi connectivity index (χ1n) is 4.91. The number of hydrogen-bond acceptors (Lipinski definition) is 3. The monoisotopic (exact) mass is 221 g/mol. The van der Waals surface area contributed by atoms with E-state index in [0.717, 1.165) is 11.9 Å². The number of halogens is 1. The van der Waals surface area contributed by atoms with Crippen LogP contribution in [-0.2, 0) is 13.1 Å². The molecule has 16 heavy (non-hydrogen) atoms. The lowest BCUT2D eigenvalue weighted by atomic mass is 10.2. The summed E-state index contributed by atoms with van der Waals surface area (Å²) in [6.45, 7) is 1.05. The van der Waals surface area contributed by atoms with Crippen LogP contribution in [0.15, 0.2) is 30.6 Å². The van der Waals surface area contributed by atoms with Crippen molar-refractivity contribution in [3.05, 3.63) is 47.8 Å². The molecule has 2 rings (SSSR count). The van der Waals surface area contributed by atoms with Gasteiger partial charge in [0.05, 0.1) is 6.54 Å². The third-order valence-electron chi connectivity index (χ3n) is 2.12. The molecular weight excluding hydrogens is 209 g/mol. The molecule has 0 aliphatic heterocycles. The third kappa shape index (κ3) is 2.80. The number of rotatable bonds is 4. The van der Waals surface area contributed by atoms with Crippen molar-refractivity contribution in [2.75, 3.05) is 0 Å². The third-order valence-corrected chi connectivity index (χ3v) is 2.12. The fraction of sp³-hybridized carbons (Fsp3) is 0.182. The van der Waals surface area contributed by atoms with Gasteiger partial charge in [-0.3, -0.25) is 0 Å². The summed E-state index contributed by atoms with van der Waals surface area (Å²) in [6.07, 6.45) is 3.41. The van der Waals surface area contributed by atoms with Crippen LogP contribution < -0.4 is 5.32 Å². The molecule has 0 amide bonds. The molecule has 4 nitrogen and oxygen atoms in total. The number of nitrogens with zero attached hydrogens (tertiary/aromatic N) is 1. The van der Waals surface area contributed by atoms with Gasteiger partial charge in [-0.05, 0) is 17.7 Å². The van der Waals surface area contributed by atoms with Crippen LogP contribution in [0.1, 0.15) is 11.4 Å². The largest absolute Gasteiger partial charge is 0.508 e. The first-order valence-corrected chi connectivity index (χ1v) is 4.91. The molecule has 84 valence electrons. The molecule has 0 radical (unpaired) electrons. The number of nitrogens with one attached hydrogen (secondary N) is 2. The Kier molecular flexibility index (Phi) is 3.16. The normalized spacial score (nSPS) is 10.6. The van der Waals surface area contributed by atoms with Crippen molar-refractivity contribution in [1.82, 2.24) is 15.3 Å². The van der Waals surface area contributed by atoms with Gasteiger partial charge in [-0.2, -0.15) is 0 Å². The summed E-state index contributed by atoms with van der Waals surface area (Å²) in [5.41, 5.74) is 0.698. The quantitative estimate of drug-likeness (QED) is 0.734. The molecule has 0 saturated carbocycles. The van der Waals surface area contributed by atoms with Gasteiger partial charge >= 0.3 is 0 Å². The maximum Gasteiger partial charge on any atom is 0.127 e. The lowest BCUT2D eigenvalue weighted by molar-refractivity contribution is 0.467. The molecule has 5 heteroatoms. The van der Waals surface area contributed by atoms with Gasteiger partial charge in [-0.1, -0.05) is 0 Å². The van der Waals surface area contributed by atoms with Crippen LogP contribution >= 0.6 is 0 Å². The molecule has 1 aromatic heterocycles. The summed E-state index contributed by atoms with van der Waals surface area (Å²) in [5, 5.41) is 12.3. The van der Waals surface area contributed by atoms with Crippen molar-refractivity contribution < 1.29 is 9.50 Å². The topological polar surface area (TPSA) is 60.9 Å². The first-order chi connectivity index (χ1) is 7.74. The summed E-state index contributed by atoms with van der Waals surface area (Å²) in [6, 6.07) is 3.99. The minimum atomic E-state index is -0.435. The van der Waals surface area contributed by atoms with Crippen LogP contribution in [0.2, 0.25) is 0 Å². The van der Waals surface area contributed by atoms with Crippen LogP contribution in [0.4, 0.5) is 4.39 Å². The maximum atomic E-state index is 12.9. The van der Waals surface area contributed by atoms with E-state index in [4.69, 9.17) is 0 Å². The summed E-state index contributed by atoms with van der Waals surface area (Å²) >= 11 is 0. The number of aromatic nitrogens is 2. The van der Waals surface area contributed by atoms with Gasteiger partial charge in [0.15, 0.2) is 0 Å². The second-order valence-corrected chi connectivity index (χ2v) is 3.46. The maximum absolute atomic E-state index is 12.9. The zero-order valence-electron chi connectivity index (χ0n) is 8.57. The second-order valence-electron chi connectivity index (χ2n) is 3.46. The van der Waals surface area contributed by atoms with Gasteiger partial charge < -0.3 is 15.4 Å². The van der Waals surface area contributed by atoms with Crippen LogP contribution in [0, 0.1) is 5.82 Å². The fourth-order valence-electron chi connectivity index (χ4n) is 1.46. The predicted molar refractivity (Wildman–Crippen MR) is 57.2 cm³/mol. The highest BCUT2D eigenvalue weighted by molar-refractivity contribution is 5.28. The first kappa shape index (κ1) is 10.6. The number of hydrogen-bond donors (Lipinski definition) is 3. The molecule has 0 aliphatic carbocycles. The fourth-order valence-corrected chi connectivity index (χ4v) is 1.46. The SMILES string of the molecule is Oc1cc(F)cc(CNCc2ncc[nH]2)c1. The second kappa shape index (κ2) is 4.76. The lowest BCUT2D eigenvalue weighted by Crippen LogP contribution is -2.13. The zero-order valence-corrected chi connectivity index (χ0v) is 8.57. The highest BCUT2D eigenvalue weighted by Crippen LogP contribution is 2.14. The number of phenolic OH excluding ortho intramolecular Hbond substituents is 1. The molecule has 0 spiro atoms. The van der Waals surface area contributed by atoms with Crippen molar-refractivity contribution >= 4 is 0 Å². The minimum Gasteiger partial charge on any atom is -0.508 e. The number of H-pyrrole nitrogens is 1. The molecule has 2 aromatic rings. The van der Waals surface area contributed by atoms with Gasteiger partial charge in [0.25, 0.3) is 0 Å². The molecule has 3 N–H and O–H groups in total. The average molecular weight is 221 g/mol. The van der Waals surface area contributed by atoms with E-state index in [-0.39, 0.29) is 5.75 Å². The van der Waals surface area contributed by atoms with E-state index in [1.165, 1.54) is 12.1 Å². The molecular formula is C11H12FN3O. The number of benzene rings is 1. The Hall–Kier alpha value is -1.88. The average Bonchev–Trinajstić information content (AvgIpc) is 2.69. The standard InChI is InChI=1S/C11H12FN3O/c12-9-3-8(4-10(16)5-9)6-13-7-11-14-1-2-15-11/h1-5,13,16H,6-7H2,(H,14,15). The van der Waals surface area contributed by atoms with Crippen LogP contribution in [-0.4, -0.2) is 15.1 Å². The lowest BCUT2D eigenvalue weighted by Gasteiger charge is -2.04. The van der Waals surface area contributed by atoms with Crippen molar-refractivity contribution in [3.8, 4) is 5.75 Å². The summed E-state index contributed by atoms with van der Waals surface area (Å²) in [5.74, 6) is 0.324. The Morgan fingerprint density at radius 3 is 2.88 bits per heavy atom. The molecule has 0 bridgehead atoms. The molecule has 0 saturated heterocycles. The Balaban J connectivity index is 1.89. The highest BCUT2D eigenvalue weighted by atomic mass is 19.1. The van der Waals surface area contributed by atoms with Crippen LogP contribution in [0.5, 0.6) is 5.75 Å². The van der Waals surface area contributed by atoms with Crippen molar-refractivity contribution in [3.63, 3.8) is 0 Å². The molecule has 1 heterocycles. The van der Waals surface area contributed by atoms with Gasteiger partial charge in [0.1, 0.15) is 17.4 Å². The van der Waals surface area contributed by atoms with Crippen molar-refractivity contribution in [2.45, 2.75) is 13.1 Å². The summed E-state index contributed by atoms with van der Waals surface area (Å²) < 4.78 is 12.9.